The Labute approximate surface area is 377 Å². The van der Waals surface area contributed by atoms with Crippen LogP contribution in [0.4, 0.5) is 24.9 Å². The van der Waals surface area contributed by atoms with Crippen molar-refractivity contribution in [3.05, 3.63) is 51.8 Å². The van der Waals surface area contributed by atoms with Gasteiger partial charge in [0.25, 0.3) is 5.69 Å². The van der Waals surface area contributed by atoms with Crippen LogP contribution >= 0.6 is 0 Å². The van der Waals surface area contributed by atoms with Gasteiger partial charge in [-0.05, 0) is 106 Å². The summed E-state index contributed by atoms with van der Waals surface area (Å²) in [6, 6.07) is 0.905. The number of non-ortho nitro benzene ring substituents is 1. The van der Waals surface area contributed by atoms with Gasteiger partial charge < -0.3 is 79.8 Å². The number of nitro groups is 1. The lowest BCUT2D eigenvalue weighted by Crippen LogP contribution is -2.70. The number of nitro benzene ring substituents is 1. The van der Waals surface area contributed by atoms with Crippen molar-refractivity contribution in [3.63, 3.8) is 0 Å². The molecule has 4 amide bonds. The van der Waals surface area contributed by atoms with Crippen LogP contribution in [0.15, 0.2) is 36.1 Å². The van der Waals surface area contributed by atoms with Gasteiger partial charge in [0.2, 0.25) is 6.29 Å². The summed E-state index contributed by atoms with van der Waals surface area (Å²) in [7, 11) is 1.33. The van der Waals surface area contributed by atoms with E-state index in [0.29, 0.717) is 5.56 Å². The summed E-state index contributed by atoms with van der Waals surface area (Å²) in [5.74, 6) is 0.203. The van der Waals surface area contributed by atoms with Gasteiger partial charge in [0.05, 0.1) is 42.2 Å². The highest BCUT2D eigenvalue weighted by Gasteiger charge is 2.55. The number of hydrogen-bond acceptors (Lipinski definition) is 18. The van der Waals surface area contributed by atoms with Crippen molar-refractivity contribution in [1.29, 1.82) is 0 Å². The molecule has 1 aromatic carbocycles. The predicted octanol–water partition coefficient (Wildman–Crippen LogP) is 2.80. The molecule has 366 valence electrons. The second-order valence-electron chi connectivity index (χ2n) is 19.4. The Balaban J connectivity index is 1.60. The standard InChI is InChI=1S/C42H66N6O17/c1-39(2,3)63-36(52)45-26-18-27(46-37(53)64-40(4,5)6)31(62-34-29(50)32(42(10,55)21-59-34)47(11)38(54)65-41(7,8)9)28(49)30(26)61-33-25(43)17-16-24(60-33)19-44-35(51)58-20-22-12-14-23(15-13-22)48(56)57/h12-16,25-34,49-50,55H,17-21,43H2,1-11H3,(H,44,51)(H,45,52)(H,46,53)/t25-,26+,27-,28+,29-,30-,31+,32-,33-,34-,42+/m1/s1. The average molecular weight is 927 g/mol. The van der Waals surface area contributed by atoms with E-state index in [9.17, 15) is 44.6 Å². The molecule has 0 bridgehead atoms. The zero-order valence-corrected chi connectivity index (χ0v) is 38.7. The van der Waals surface area contributed by atoms with E-state index in [1.807, 2.05) is 0 Å². The van der Waals surface area contributed by atoms with Crippen molar-refractivity contribution in [2.45, 2.75) is 172 Å². The molecule has 3 aliphatic rings. The Bertz CT molecular complexity index is 1860. The summed E-state index contributed by atoms with van der Waals surface area (Å²) in [6.45, 7) is 15.4. The van der Waals surface area contributed by atoms with E-state index in [-0.39, 0.29) is 37.4 Å². The maximum atomic E-state index is 13.3. The minimum absolute atomic E-state index is 0.117. The minimum atomic E-state index is -1.82. The SMILES string of the molecule is CN(C(=O)OC(C)(C)C)[C@@H]1[C@@H](O)[C@@H](O[C@@H]2[C@@H](O)[C@H](O[C@H]3OC(CNC(=O)OCc4ccc([N+](=O)[O-])cc4)=CC[C@H]3N)[C@@H](NC(=O)OC(C)(C)C)C[C@H]2NC(=O)OC(C)(C)C)OC[C@]1(C)O. The molecule has 23 nitrogen and oxygen atoms in total. The van der Waals surface area contributed by atoms with Gasteiger partial charge in [-0.2, -0.15) is 0 Å². The molecule has 2 heterocycles. The third-order valence-corrected chi connectivity index (χ3v) is 10.00. The van der Waals surface area contributed by atoms with Gasteiger partial charge in [-0.3, -0.25) is 10.1 Å². The molecule has 0 radical (unpaired) electrons. The first-order valence-electron chi connectivity index (χ1n) is 21.1. The average Bonchev–Trinajstić information content (AvgIpc) is 3.15. The number of amides is 4. The van der Waals surface area contributed by atoms with E-state index in [1.165, 1.54) is 38.2 Å². The van der Waals surface area contributed by atoms with E-state index >= 15 is 0 Å². The quantitative estimate of drug-likeness (QED) is 0.0900. The first kappa shape index (κ1) is 52.6. The van der Waals surface area contributed by atoms with Crippen LogP contribution in [0.25, 0.3) is 0 Å². The lowest BCUT2D eigenvalue weighted by atomic mass is 9.83. The fourth-order valence-electron chi connectivity index (χ4n) is 7.21. The van der Waals surface area contributed by atoms with Crippen LogP contribution in [0.3, 0.4) is 0 Å². The van der Waals surface area contributed by atoms with E-state index in [4.69, 9.17) is 43.6 Å². The number of aliphatic hydroxyl groups is 3. The summed E-state index contributed by atoms with van der Waals surface area (Å²) < 4.78 is 46.3. The number of nitrogens with zero attached hydrogens (tertiary/aromatic N) is 2. The molecule has 2 fully saturated rings. The molecular weight excluding hydrogens is 860 g/mol. The summed E-state index contributed by atoms with van der Waals surface area (Å²) >= 11 is 0. The zero-order valence-electron chi connectivity index (χ0n) is 38.7. The molecule has 0 unspecified atom stereocenters. The number of rotatable bonds is 12. The number of nitrogens with two attached hydrogens (primary N) is 1. The molecule has 0 spiro atoms. The Hall–Kier alpha value is -5.04. The fourth-order valence-corrected chi connectivity index (χ4v) is 7.21. The van der Waals surface area contributed by atoms with Crippen LogP contribution in [-0.2, 0) is 44.5 Å². The molecule has 11 atom stereocenters. The van der Waals surface area contributed by atoms with E-state index in [1.54, 1.807) is 68.4 Å². The van der Waals surface area contributed by atoms with Gasteiger partial charge in [0, 0.05) is 19.2 Å². The highest BCUT2D eigenvalue weighted by molar-refractivity contribution is 5.70. The van der Waals surface area contributed by atoms with Gasteiger partial charge in [-0.1, -0.05) is 0 Å². The van der Waals surface area contributed by atoms with Crippen molar-refractivity contribution >= 4 is 30.1 Å². The molecular formula is C42H66N6O17. The smallest absolute Gasteiger partial charge is 0.410 e. The number of carbonyl (C=O) groups excluding carboxylic acids is 4. The number of aliphatic hydroxyl groups excluding tert-OH is 2. The molecule has 23 heteroatoms. The van der Waals surface area contributed by atoms with Crippen molar-refractivity contribution in [2.75, 3.05) is 20.2 Å². The van der Waals surface area contributed by atoms with Crippen LogP contribution in [0, 0.1) is 10.1 Å². The minimum Gasteiger partial charge on any atom is -0.466 e. The fraction of sp³-hybridized carbons (Fsp3) is 0.714. The highest BCUT2D eigenvalue weighted by atomic mass is 16.7. The lowest BCUT2D eigenvalue weighted by molar-refractivity contribution is -0.384. The van der Waals surface area contributed by atoms with E-state index in [2.05, 4.69) is 16.0 Å². The number of benzene rings is 1. The predicted molar refractivity (Wildman–Crippen MR) is 228 cm³/mol. The Morgan fingerprint density at radius 2 is 1.38 bits per heavy atom. The summed E-state index contributed by atoms with van der Waals surface area (Å²) in [5.41, 5.74) is 2.19. The first-order valence-corrected chi connectivity index (χ1v) is 21.1. The zero-order chi connectivity index (χ0) is 48.8. The molecule has 1 saturated heterocycles. The van der Waals surface area contributed by atoms with E-state index < -0.39 is 119 Å². The van der Waals surface area contributed by atoms with Crippen LogP contribution in [0.2, 0.25) is 0 Å². The third kappa shape index (κ3) is 15.5. The van der Waals surface area contributed by atoms with Gasteiger partial charge in [-0.15, -0.1) is 0 Å². The van der Waals surface area contributed by atoms with Gasteiger partial charge in [0.1, 0.15) is 59.2 Å². The number of hydrogen-bond donors (Lipinski definition) is 7. The molecule has 8 N–H and O–H groups in total. The number of likely N-dealkylation sites (N-methyl/N-ethyl adjacent to an activating group) is 1. The normalized spacial score (nSPS) is 29.5. The van der Waals surface area contributed by atoms with E-state index in [0.717, 1.165) is 4.90 Å². The lowest BCUT2D eigenvalue weighted by Gasteiger charge is -2.50. The molecule has 4 rings (SSSR count). The van der Waals surface area contributed by atoms with Crippen LogP contribution in [0.1, 0.15) is 87.6 Å². The summed E-state index contributed by atoms with van der Waals surface area (Å²) in [4.78, 5) is 63.8. The van der Waals surface area contributed by atoms with Gasteiger partial charge >= 0.3 is 24.4 Å². The second kappa shape index (κ2) is 21.1. The summed E-state index contributed by atoms with van der Waals surface area (Å²) in [5, 5.41) is 54.3. The van der Waals surface area contributed by atoms with Crippen LogP contribution in [-0.4, -0.2) is 153 Å². The van der Waals surface area contributed by atoms with Crippen LogP contribution in [0.5, 0.6) is 0 Å². The maximum Gasteiger partial charge on any atom is 0.410 e. The monoisotopic (exact) mass is 926 g/mol. The number of ether oxygens (including phenoxy) is 8. The molecule has 65 heavy (non-hydrogen) atoms. The molecule has 1 aliphatic carbocycles. The molecule has 1 aromatic rings. The van der Waals surface area contributed by atoms with Gasteiger partial charge in [0.15, 0.2) is 6.29 Å². The molecule has 1 saturated carbocycles. The molecule has 0 aromatic heterocycles. The number of alkyl carbamates (subject to hydrolysis) is 3. The second-order valence-corrected chi connectivity index (χ2v) is 19.4. The largest absolute Gasteiger partial charge is 0.466 e. The van der Waals surface area contributed by atoms with Crippen molar-refractivity contribution in [2.24, 2.45) is 5.73 Å². The van der Waals surface area contributed by atoms with Crippen LogP contribution < -0.4 is 21.7 Å². The molecule has 2 aliphatic heterocycles. The Morgan fingerprint density at radius 3 is 1.89 bits per heavy atom. The summed E-state index contributed by atoms with van der Waals surface area (Å²) in [6.07, 6.45) is -11.4. The first-order chi connectivity index (χ1) is 29.9. The van der Waals surface area contributed by atoms with Crippen molar-refractivity contribution in [1.82, 2.24) is 20.9 Å². The van der Waals surface area contributed by atoms with Crippen molar-refractivity contribution in [3.8, 4) is 0 Å². The van der Waals surface area contributed by atoms with Crippen molar-refractivity contribution < 1.29 is 77.3 Å². The highest BCUT2D eigenvalue weighted by Crippen LogP contribution is 2.35. The number of nitrogens with one attached hydrogen (secondary N) is 3. The maximum absolute atomic E-state index is 13.3. The van der Waals surface area contributed by atoms with Gasteiger partial charge in [-0.25, -0.2) is 19.2 Å². The Kier molecular flexibility index (Phi) is 17.0. The topological polar surface area (TPSA) is 311 Å². The number of carbonyl (C=O) groups is 4. The Morgan fingerprint density at radius 1 is 0.862 bits per heavy atom. The third-order valence-electron chi connectivity index (χ3n) is 10.00.